The van der Waals surface area contributed by atoms with E-state index in [1.165, 1.54) is 0 Å². The summed E-state index contributed by atoms with van der Waals surface area (Å²) in [6.07, 6.45) is 1.87. The zero-order valence-corrected chi connectivity index (χ0v) is 12.1. The second-order valence-electron chi connectivity index (χ2n) is 5.23. The van der Waals surface area contributed by atoms with Crippen molar-refractivity contribution in [3.05, 3.63) is 29.8 Å². The van der Waals surface area contributed by atoms with Crippen LogP contribution in [0.5, 0.6) is 5.75 Å². The standard InChI is InChI=1S/C15H23N3O2/c1-11(13-5-3-4-6-14(13)20-2)17-12-7-9-18(10-8-12)15(16)19/h3-6,11-12,17H,7-10H2,1-2H3,(H2,16,19)/t11-/m0/s1. The largest absolute Gasteiger partial charge is 0.496 e. The number of carbonyl (C=O) groups excluding carboxylic acids is 1. The molecule has 0 unspecified atom stereocenters. The van der Waals surface area contributed by atoms with Gasteiger partial charge < -0.3 is 20.7 Å². The molecule has 20 heavy (non-hydrogen) atoms. The molecule has 1 saturated heterocycles. The Kier molecular flexibility index (Phi) is 4.84. The number of piperidine rings is 1. The van der Waals surface area contributed by atoms with Crippen LogP contribution in [0.25, 0.3) is 0 Å². The van der Waals surface area contributed by atoms with Crippen molar-refractivity contribution >= 4 is 6.03 Å². The molecule has 2 amide bonds. The van der Waals surface area contributed by atoms with Gasteiger partial charge in [0.25, 0.3) is 0 Å². The summed E-state index contributed by atoms with van der Waals surface area (Å²) in [5.41, 5.74) is 6.45. The first-order valence-corrected chi connectivity index (χ1v) is 7.05. The summed E-state index contributed by atoms with van der Waals surface area (Å²) in [4.78, 5) is 12.8. The molecule has 1 atom stereocenters. The number of nitrogens with one attached hydrogen (secondary N) is 1. The van der Waals surface area contributed by atoms with Crippen LogP contribution in [0.2, 0.25) is 0 Å². The van der Waals surface area contributed by atoms with Crippen LogP contribution in [0.15, 0.2) is 24.3 Å². The molecule has 1 aliphatic rings. The lowest BCUT2D eigenvalue weighted by Crippen LogP contribution is -2.47. The Labute approximate surface area is 120 Å². The predicted octanol–water partition coefficient (Wildman–Crippen LogP) is 1.89. The normalized spacial score (nSPS) is 17.8. The van der Waals surface area contributed by atoms with E-state index in [4.69, 9.17) is 10.5 Å². The second kappa shape index (κ2) is 6.61. The van der Waals surface area contributed by atoms with Crippen LogP contribution in [0.1, 0.15) is 31.4 Å². The molecule has 1 aromatic rings. The van der Waals surface area contributed by atoms with E-state index in [1.807, 2.05) is 18.2 Å². The third-order valence-corrected chi connectivity index (χ3v) is 3.90. The van der Waals surface area contributed by atoms with E-state index in [2.05, 4.69) is 18.3 Å². The van der Waals surface area contributed by atoms with E-state index >= 15 is 0 Å². The molecule has 1 aromatic carbocycles. The first-order chi connectivity index (χ1) is 9.61. The molecule has 0 aromatic heterocycles. The van der Waals surface area contributed by atoms with Gasteiger partial charge in [0.1, 0.15) is 5.75 Å². The van der Waals surface area contributed by atoms with Crippen LogP contribution in [-0.4, -0.2) is 37.2 Å². The van der Waals surface area contributed by atoms with E-state index in [0.29, 0.717) is 6.04 Å². The average Bonchev–Trinajstić information content (AvgIpc) is 2.47. The Morgan fingerprint density at radius 2 is 2.05 bits per heavy atom. The minimum absolute atomic E-state index is 0.219. The summed E-state index contributed by atoms with van der Waals surface area (Å²) in [7, 11) is 1.69. The van der Waals surface area contributed by atoms with Gasteiger partial charge in [0, 0.05) is 30.7 Å². The number of nitrogens with two attached hydrogens (primary N) is 1. The molecule has 1 heterocycles. The molecule has 0 aliphatic carbocycles. The van der Waals surface area contributed by atoms with Gasteiger partial charge in [0.05, 0.1) is 7.11 Å². The third-order valence-electron chi connectivity index (χ3n) is 3.90. The van der Waals surface area contributed by atoms with Crippen LogP contribution in [0.3, 0.4) is 0 Å². The van der Waals surface area contributed by atoms with Gasteiger partial charge in [-0.05, 0) is 25.8 Å². The molecular formula is C15H23N3O2. The topological polar surface area (TPSA) is 67.6 Å². The first kappa shape index (κ1) is 14.7. The number of methoxy groups -OCH3 is 1. The Hall–Kier alpha value is -1.75. The van der Waals surface area contributed by atoms with Crippen LogP contribution in [-0.2, 0) is 0 Å². The smallest absolute Gasteiger partial charge is 0.314 e. The molecule has 0 bridgehead atoms. The van der Waals surface area contributed by atoms with Crippen LogP contribution >= 0.6 is 0 Å². The number of nitrogens with zero attached hydrogens (tertiary/aromatic N) is 1. The lowest BCUT2D eigenvalue weighted by molar-refractivity contribution is 0.183. The highest BCUT2D eigenvalue weighted by molar-refractivity contribution is 5.72. The van der Waals surface area contributed by atoms with Crippen molar-refractivity contribution in [2.24, 2.45) is 5.73 Å². The van der Waals surface area contributed by atoms with Gasteiger partial charge in [-0.2, -0.15) is 0 Å². The summed E-state index contributed by atoms with van der Waals surface area (Å²) in [5, 5.41) is 3.61. The minimum Gasteiger partial charge on any atom is -0.496 e. The fraction of sp³-hybridized carbons (Fsp3) is 0.533. The summed E-state index contributed by atoms with van der Waals surface area (Å²) in [5.74, 6) is 0.905. The summed E-state index contributed by atoms with van der Waals surface area (Å²) in [6, 6.07) is 8.35. The Balaban J connectivity index is 1.92. The first-order valence-electron chi connectivity index (χ1n) is 7.05. The maximum Gasteiger partial charge on any atom is 0.314 e. The van der Waals surface area contributed by atoms with Crippen LogP contribution in [0, 0.1) is 0 Å². The van der Waals surface area contributed by atoms with Gasteiger partial charge >= 0.3 is 6.03 Å². The average molecular weight is 277 g/mol. The van der Waals surface area contributed by atoms with Crippen molar-refractivity contribution in [3.63, 3.8) is 0 Å². The zero-order valence-electron chi connectivity index (χ0n) is 12.1. The number of ether oxygens (including phenoxy) is 1. The molecule has 5 nitrogen and oxygen atoms in total. The number of benzene rings is 1. The fourth-order valence-electron chi connectivity index (χ4n) is 2.73. The lowest BCUT2D eigenvalue weighted by atomic mass is 10.0. The van der Waals surface area contributed by atoms with E-state index in [1.54, 1.807) is 12.0 Å². The molecule has 110 valence electrons. The molecular weight excluding hydrogens is 254 g/mol. The SMILES string of the molecule is COc1ccccc1[C@H](C)NC1CCN(C(N)=O)CC1. The number of para-hydroxylation sites is 1. The van der Waals surface area contributed by atoms with Crippen molar-refractivity contribution in [2.75, 3.05) is 20.2 Å². The maximum absolute atomic E-state index is 11.1. The lowest BCUT2D eigenvalue weighted by Gasteiger charge is -2.33. The molecule has 1 aliphatic heterocycles. The number of likely N-dealkylation sites (tertiary alicyclic amines) is 1. The van der Waals surface area contributed by atoms with E-state index in [9.17, 15) is 4.79 Å². The molecule has 2 rings (SSSR count). The van der Waals surface area contributed by atoms with Crippen molar-refractivity contribution in [1.29, 1.82) is 0 Å². The third kappa shape index (κ3) is 3.42. The molecule has 0 radical (unpaired) electrons. The number of hydrogen-bond donors (Lipinski definition) is 2. The molecule has 5 heteroatoms. The predicted molar refractivity (Wildman–Crippen MR) is 78.7 cm³/mol. The molecule has 0 saturated carbocycles. The number of carbonyl (C=O) groups is 1. The van der Waals surface area contributed by atoms with Gasteiger partial charge in [-0.3, -0.25) is 0 Å². The quantitative estimate of drug-likeness (QED) is 0.883. The van der Waals surface area contributed by atoms with Crippen LogP contribution < -0.4 is 15.8 Å². The van der Waals surface area contributed by atoms with Crippen molar-refractivity contribution < 1.29 is 9.53 Å². The number of primary amides is 1. The second-order valence-corrected chi connectivity index (χ2v) is 5.23. The number of rotatable bonds is 4. The highest BCUT2D eigenvalue weighted by Crippen LogP contribution is 2.25. The summed E-state index contributed by atoms with van der Waals surface area (Å²) < 4.78 is 5.39. The van der Waals surface area contributed by atoms with Gasteiger partial charge in [0.15, 0.2) is 0 Å². The van der Waals surface area contributed by atoms with Crippen LogP contribution in [0.4, 0.5) is 4.79 Å². The summed E-state index contributed by atoms with van der Waals surface area (Å²) >= 11 is 0. The number of amides is 2. The Morgan fingerprint density at radius 1 is 1.40 bits per heavy atom. The molecule has 1 fully saturated rings. The highest BCUT2D eigenvalue weighted by atomic mass is 16.5. The fourth-order valence-corrected chi connectivity index (χ4v) is 2.73. The maximum atomic E-state index is 11.1. The number of hydrogen-bond acceptors (Lipinski definition) is 3. The van der Waals surface area contributed by atoms with E-state index < -0.39 is 0 Å². The van der Waals surface area contributed by atoms with Gasteiger partial charge in [-0.25, -0.2) is 4.79 Å². The van der Waals surface area contributed by atoms with Gasteiger partial charge in [-0.1, -0.05) is 18.2 Å². The highest BCUT2D eigenvalue weighted by Gasteiger charge is 2.23. The summed E-state index contributed by atoms with van der Waals surface area (Å²) in [6.45, 7) is 3.59. The Morgan fingerprint density at radius 3 is 2.65 bits per heavy atom. The van der Waals surface area contributed by atoms with Crippen molar-refractivity contribution in [2.45, 2.75) is 31.8 Å². The zero-order chi connectivity index (χ0) is 14.5. The van der Waals surface area contributed by atoms with E-state index in [-0.39, 0.29) is 12.1 Å². The number of urea groups is 1. The molecule has 0 spiro atoms. The Bertz CT molecular complexity index is 456. The van der Waals surface area contributed by atoms with E-state index in [0.717, 1.165) is 37.2 Å². The molecule has 3 N–H and O–H groups in total. The van der Waals surface area contributed by atoms with Crippen molar-refractivity contribution in [1.82, 2.24) is 10.2 Å². The van der Waals surface area contributed by atoms with Crippen molar-refractivity contribution in [3.8, 4) is 5.75 Å². The minimum atomic E-state index is -0.318. The van der Waals surface area contributed by atoms with Gasteiger partial charge in [0.2, 0.25) is 0 Å². The monoisotopic (exact) mass is 277 g/mol. The van der Waals surface area contributed by atoms with Gasteiger partial charge in [-0.15, -0.1) is 0 Å².